The molecular formula is C17H20N2S. The molecule has 0 atom stereocenters. The van der Waals surface area contributed by atoms with E-state index in [-0.39, 0.29) is 0 Å². The minimum Gasteiger partial charge on any atom is -0.389 e. The van der Waals surface area contributed by atoms with Crippen LogP contribution in [-0.2, 0) is 13.0 Å². The van der Waals surface area contributed by atoms with Gasteiger partial charge in [0.2, 0.25) is 0 Å². The summed E-state index contributed by atoms with van der Waals surface area (Å²) in [7, 11) is 0. The standard InChI is InChI=1S/C17H20N2S/c1-3-13-7-9-14(10-8-13)11-19-16-12(2)5-4-6-15(16)17(18)20/h4-10,19H,3,11H2,1-2H3,(H2,18,20). The van der Waals surface area contributed by atoms with Crippen molar-refractivity contribution in [3.8, 4) is 0 Å². The molecule has 3 heteroatoms. The van der Waals surface area contributed by atoms with E-state index in [1.165, 1.54) is 11.1 Å². The van der Waals surface area contributed by atoms with Crippen molar-refractivity contribution >= 4 is 22.9 Å². The second-order valence-corrected chi connectivity index (χ2v) is 5.33. The maximum Gasteiger partial charge on any atom is 0.106 e. The van der Waals surface area contributed by atoms with Crippen LogP contribution in [0.1, 0.15) is 29.2 Å². The van der Waals surface area contributed by atoms with E-state index in [1.807, 2.05) is 12.1 Å². The third kappa shape index (κ3) is 3.36. The number of anilines is 1. The van der Waals surface area contributed by atoms with Crippen LogP contribution in [-0.4, -0.2) is 4.99 Å². The van der Waals surface area contributed by atoms with Gasteiger partial charge in [0, 0.05) is 17.8 Å². The lowest BCUT2D eigenvalue weighted by Crippen LogP contribution is -2.14. The lowest BCUT2D eigenvalue weighted by molar-refractivity contribution is 1.10. The van der Waals surface area contributed by atoms with Crippen LogP contribution >= 0.6 is 12.2 Å². The zero-order valence-electron chi connectivity index (χ0n) is 11.9. The van der Waals surface area contributed by atoms with Crippen molar-refractivity contribution in [2.75, 3.05) is 5.32 Å². The largest absolute Gasteiger partial charge is 0.389 e. The number of hydrogen-bond donors (Lipinski definition) is 2. The van der Waals surface area contributed by atoms with Gasteiger partial charge in [-0.05, 0) is 36.1 Å². The molecule has 0 aromatic heterocycles. The van der Waals surface area contributed by atoms with E-state index >= 15 is 0 Å². The number of thiocarbonyl (C=S) groups is 1. The average Bonchev–Trinajstić information content (AvgIpc) is 2.46. The summed E-state index contributed by atoms with van der Waals surface area (Å²) in [5.41, 5.74) is 11.5. The van der Waals surface area contributed by atoms with Crippen molar-refractivity contribution in [1.82, 2.24) is 0 Å². The molecule has 0 unspecified atom stereocenters. The fourth-order valence-electron chi connectivity index (χ4n) is 2.19. The molecule has 20 heavy (non-hydrogen) atoms. The van der Waals surface area contributed by atoms with Gasteiger partial charge < -0.3 is 11.1 Å². The molecule has 2 aromatic rings. The molecule has 2 rings (SSSR count). The first-order valence-electron chi connectivity index (χ1n) is 6.83. The lowest BCUT2D eigenvalue weighted by Gasteiger charge is -2.14. The SMILES string of the molecule is CCc1ccc(CNc2c(C)cccc2C(N)=S)cc1. The number of nitrogens with one attached hydrogen (secondary N) is 1. The molecule has 0 saturated heterocycles. The first-order chi connectivity index (χ1) is 9.61. The molecule has 2 aromatic carbocycles. The highest BCUT2D eigenvalue weighted by molar-refractivity contribution is 7.80. The topological polar surface area (TPSA) is 38.0 Å². The predicted octanol–water partition coefficient (Wildman–Crippen LogP) is 3.80. The number of rotatable bonds is 5. The van der Waals surface area contributed by atoms with Crippen LogP contribution in [0, 0.1) is 6.92 Å². The molecule has 2 nitrogen and oxygen atoms in total. The van der Waals surface area contributed by atoms with Gasteiger partial charge in [0.25, 0.3) is 0 Å². The number of hydrogen-bond acceptors (Lipinski definition) is 2. The first kappa shape index (κ1) is 14.5. The van der Waals surface area contributed by atoms with Gasteiger partial charge in [-0.3, -0.25) is 0 Å². The molecule has 3 N–H and O–H groups in total. The molecule has 0 spiro atoms. The molecule has 0 saturated carbocycles. The average molecular weight is 284 g/mol. The quantitative estimate of drug-likeness (QED) is 0.820. The molecule has 0 aliphatic heterocycles. The van der Waals surface area contributed by atoms with Crippen LogP contribution in [0.15, 0.2) is 42.5 Å². The minimum absolute atomic E-state index is 0.428. The molecule has 0 fully saturated rings. The molecule has 0 amide bonds. The summed E-state index contributed by atoms with van der Waals surface area (Å²) in [6.07, 6.45) is 1.07. The zero-order valence-corrected chi connectivity index (χ0v) is 12.8. The Morgan fingerprint density at radius 1 is 1.10 bits per heavy atom. The molecule has 0 radical (unpaired) electrons. The Morgan fingerprint density at radius 2 is 1.75 bits per heavy atom. The highest BCUT2D eigenvalue weighted by atomic mass is 32.1. The fourth-order valence-corrected chi connectivity index (χ4v) is 2.36. The normalized spacial score (nSPS) is 10.3. The van der Waals surface area contributed by atoms with Gasteiger partial charge in [-0.25, -0.2) is 0 Å². The van der Waals surface area contributed by atoms with Crippen LogP contribution in [0.25, 0.3) is 0 Å². The van der Waals surface area contributed by atoms with E-state index in [2.05, 4.69) is 49.5 Å². The first-order valence-corrected chi connectivity index (χ1v) is 7.23. The number of para-hydroxylation sites is 1. The Labute approximate surface area is 126 Å². The summed E-state index contributed by atoms with van der Waals surface area (Å²) >= 11 is 5.11. The molecule has 0 heterocycles. The van der Waals surface area contributed by atoms with Gasteiger partial charge in [0.05, 0.1) is 0 Å². The van der Waals surface area contributed by atoms with Crippen LogP contribution in [0.2, 0.25) is 0 Å². The van der Waals surface area contributed by atoms with Crippen molar-refractivity contribution in [3.63, 3.8) is 0 Å². The van der Waals surface area contributed by atoms with E-state index in [0.29, 0.717) is 4.99 Å². The van der Waals surface area contributed by atoms with E-state index in [9.17, 15) is 0 Å². The summed E-state index contributed by atoms with van der Waals surface area (Å²) in [6.45, 7) is 4.99. The van der Waals surface area contributed by atoms with Crippen LogP contribution in [0.3, 0.4) is 0 Å². The monoisotopic (exact) mass is 284 g/mol. The Morgan fingerprint density at radius 3 is 2.35 bits per heavy atom. The van der Waals surface area contributed by atoms with Crippen molar-refractivity contribution in [2.24, 2.45) is 5.73 Å². The number of benzene rings is 2. The zero-order chi connectivity index (χ0) is 14.5. The fraction of sp³-hybridized carbons (Fsp3) is 0.235. The lowest BCUT2D eigenvalue weighted by atomic mass is 10.1. The van der Waals surface area contributed by atoms with Gasteiger partial charge in [0.1, 0.15) is 4.99 Å². The van der Waals surface area contributed by atoms with Crippen LogP contribution in [0.4, 0.5) is 5.69 Å². The van der Waals surface area contributed by atoms with Gasteiger partial charge in [-0.1, -0.05) is 55.5 Å². The van der Waals surface area contributed by atoms with Crippen molar-refractivity contribution in [2.45, 2.75) is 26.8 Å². The predicted molar refractivity (Wildman–Crippen MR) is 90.2 cm³/mol. The second-order valence-electron chi connectivity index (χ2n) is 4.89. The molecular weight excluding hydrogens is 264 g/mol. The van der Waals surface area contributed by atoms with E-state index in [4.69, 9.17) is 18.0 Å². The third-order valence-corrected chi connectivity index (χ3v) is 3.66. The summed E-state index contributed by atoms with van der Waals surface area (Å²) in [5, 5.41) is 3.45. The van der Waals surface area contributed by atoms with Crippen LogP contribution in [0.5, 0.6) is 0 Å². The Hall–Kier alpha value is -1.87. The molecule has 0 aliphatic carbocycles. The minimum atomic E-state index is 0.428. The highest BCUT2D eigenvalue weighted by Crippen LogP contribution is 2.21. The molecule has 104 valence electrons. The van der Waals surface area contributed by atoms with Gasteiger partial charge in [0.15, 0.2) is 0 Å². The van der Waals surface area contributed by atoms with E-state index in [1.54, 1.807) is 0 Å². The third-order valence-electron chi connectivity index (χ3n) is 3.44. The van der Waals surface area contributed by atoms with Crippen molar-refractivity contribution < 1.29 is 0 Å². The van der Waals surface area contributed by atoms with E-state index < -0.39 is 0 Å². The number of aryl methyl sites for hydroxylation is 2. The molecule has 0 aliphatic rings. The number of nitrogens with two attached hydrogens (primary N) is 1. The van der Waals surface area contributed by atoms with Crippen molar-refractivity contribution in [3.05, 3.63) is 64.7 Å². The Balaban J connectivity index is 2.16. The summed E-state index contributed by atoms with van der Waals surface area (Å²) in [5.74, 6) is 0. The van der Waals surface area contributed by atoms with Crippen molar-refractivity contribution in [1.29, 1.82) is 0 Å². The molecule has 0 bridgehead atoms. The Kier molecular flexibility index (Phi) is 4.74. The summed E-state index contributed by atoms with van der Waals surface area (Å²) in [6, 6.07) is 14.6. The van der Waals surface area contributed by atoms with Gasteiger partial charge in [-0.15, -0.1) is 0 Å². The summed E-state index contributed by atoms with van der Waals surface area (Å²) in [4.78, 5) is 0.428. The maximum absolute atomic E-state index is 5.78. The second kappa shape index (κ2) is 6.53. The smallest absolute Gasteiger partial charge is 0.106 e. The summed E-state index contributed by atoms with van der Waals surface area (Å²) < 4.78 is 0. The van der Waals surface area contributed by atoms with Gasteiger partial charge >= 0.3 is 0 Å². The maximum atomic E-state index is 5.78. The Bertz CT molecular complexity index is 603. The van der Waals surface area contributed by atoms with Crippen LogP contribution < -0.4 is 11.1 Å². The van der Waals surface area contributed by atoms with E-state index in [0.717, 1.165) is 29.8 Å². The van der Waals surface area contributed by atoms with Gasteiger partial charge in [-0.2, -0.15) is 0 Å². The highest BCUT2D eigenvalue weighted by Gasteiger charge is 2.07.